The van der Waals surface area contributed by atoms with Crippen LogP contribution >= 0.6 is 11.8 Å². The second kappa shape index (κ2) is 6.58. The maximum absolute atomic E-state index is 13.5. The quantitative estimate of drug-likeness (QED) is 0.811. The zero-order chi connectivity index (χ0) is 13.7. The minimum Gasteiger partial charge on any atom is -0.396 e. The van der Waals surface area contributed by atoms with Crippen molar-refractivity contribution in [1.29, 1.82) is 0 Å². The van der Waals surface area contributed by atoms with E-state index in [1.54, 1.807) is 11.8 Å². The molecule has 0 heterocycles. The first kappa shape index (κ1) is 14.8. The van der Waals surface area contributed by atoms with Gasteiger partial charge in [0, 0.05) is 11.8 Å². The summed E-state index contributed by atoms with van der Waals surface area (Å²) in [5, 5.41) is 2.86. The van der Waals surface area contributed by atoms with Crippen molar-refractivity contribution >= 4 is 23.4 Å². The Balaban J connectivity index is 2.70. The second-order valence-corrected chi connectivity index (χ2v) is 5.19. The number of thioether (sulfide) groups is 1. The van der Waals surface area contributed by atoms with E-state index < -0.39 is 23.1 Å². The summed E-state index contributed by atoms with van der Waals surface area (Å²) in [6.45, 7) is 2.38. The Hall–Kier alpha value is -1.30. The Kier molecular flexibility index (Phi) is 5.40. The van der Waals surface area contributed by atoms with Crippen molar-refractivity contribution in [1.82, 2.24) is 5.32 Å². The number of amides is 1. The summed E-state index contributed by atoms with van der Waals surface area (Å²) in [6, 6.07) is 2.08. The van der Waals surface area contributed by atoms with Crippen LogP contribution in [0, 0.1) is 11.6 Å². The number of nitrogen functional groups attached to an aromatic ring is 1. The van der Waals surface area contributed by atoms with Crippen molar-refractivity contribution < 1.29 is 13.6 Å². The van der Waals surface area contributed by atoms with E-state index in [2.05, 4.69) is 5.32 Å². The van der Waals surface area contributed by atoms with Gasteiger partial charge in [0.15, 0.2) is 5.82 Å². The maximum Gasteiger partial charge on any atom is 0.257 e. The lowest BCUT2D eigenvalue weighted by Gasteiger charge is -2.10. The van der Waals surface area contributed by atoms with Crippen LogP contribution in [0.1, 0.15) is 23.7 Å². The molecular formula is C12H16F2N2OS. The number of hydrogen-bond donors (Lipinski definition) is 2. The average molecular weight is 274 g/mol. The summed E-state index contributed by atoms with van der Waals surface area (Å²) in [6.07, 6.45) is 2.70. The highest BCUT2D eigenvalue weighted by atomic mass is 32.2. The molecule has 0 saturated carbocycles. The molecule has 1 aromatic carbocycles. The first-order valence-corrected chi connectivity index (χ1v) is 6.80. The Bertz CT molecular complexity index is 440. The molecule has 0 bridgehead atoms. The lowest BCUT2D eigenvalue weighted by atomic mass is 10.1. The van der Waals surface area contributed by atoms with E-state index in [0.29, 0.717) is 11.8 Å². The van der Waals surface area contributed by atoms with Gasteiger partial charge in [-0.15, -0.1) is 0 Å². The molecule has 6 heteroatoms. The molecule has 3 N–H and O–H groups in total. The Morgan fingerprint density at radius 3 is 2.78 bits per heavy atom. The zero-order valence-corrected chi connectivity index (χ0v) is 11.1. The summed E-state index contributed by atoms with van der Waals surface area (Å²) >= 11 is 1.66. The van der Waals surface area contributed by atoms with Gasteiger partial charge in [-0.25, -0.2) is 8.78 Å². The number of halogens is 2. The SMILES string of the molecule is CSC(C)CCNC(=O)c1c(F)ccc(N)c1F. The first-order valence-electron chi connectivity index (χ1n) is 5.51. The Morgan fingerprint density at radius 1 is 1.50 bits per heavy atom. The molecule has 0 aromatic heterocycles. The van der Waals surface area contributed by atoms with E-state index in [1.165, 1.54) is 0 Å². The highest BCUT2D eigenvalue weighted by Crippen LogP contribution is 2.18. The van der Waals surface area contributed by atoms with Gasteiger partial charge in [0.2, 0.25) is 0 Å². The van der Waals surface area contributed by atoms with Gasteiger partial charge in [0.25, 0.3) is 5.91 Å². The van der Waals surface area contributed by atoms with Crippen LogP contribution in [0.5, 0.6) is 0 Å². The number of nitrogens with two attached hydrogens (primary N) is 1. The molecule has 3 nitrogen and oxygen atoms in total. The molecule has 0 aliphatic rings. The minimum atomic E-state index is -1.01. The van der Waals surface area contributed by atoms with Crippen LogP contribution in [-0.4, -0.2) is 24.0 Å². The van der Waals surface area contributed by atoms with E-state index in [4.69, 9.17) is 5.73 Å². The van der Waals surface area contributed by atoms with Gasteiger partial charge in [0.1, 0.15) is 11.4 Å². The fraction of sp³-hybridized carbons (Fsp3) is 0.417. The number of benzene rings is 1. The molecule has 0 fully saturated rings. The van der Waals surface area contributed by atoms with Gasteiger partial charge in [-0.3, -0.25) is 4.79 Å². The van der Waals surface area contributed by atoms with Crippen LogP contribution in [0.4, 0.5) is 14.5 Å². The van der Waals surface area contributed by atoms with Crippen molar-refractivity contribution in [2.24, 2.45) is 0 Å². The van der Waals surface area contributed by atoms with Crippen molar-refractivity contribution in [3.63, 3.8) is 0 Å². The number of hydrogen-bond acceptors (Lipinski definition) is 3. The first-order chi connectivity index (χ1) is 8.47. The third-order valence-electron chi connectivity index (χ3n) is 2.59. The average Bonchev–Trinajstić information content (AvgIpc) is 2.34. The van der Waals surface area contributed by atoms with E-state index in [0.717, 1.165) is 18.6 Å². The number of nitrogens with one attached hydrogen (secondary N) is 1. The van der Waals surface area contributed by atoms with Crippen LogP contribution in [0.3, 0.4) is 0 Å². The van der Waals surface area contributed by atoms with Gasteiger partial charge >= 0.3 is 0 Å². The standard InChI is InChI=1S/C12H16F2N2OS/c1-7(18-2)5-6-16-12(17)10-8(13)3-4-9(15)11(10)14/h3-4,7H,5-6,15H2,1-2H3,(H,16,17). The molecular weight excluding hydrogens is 258 g/mol. The van der Waals surface area contributed by atoms with Crippen molar-refractivity contribution in [3.05, 3.63) is 29.3 Å². The Labute approximate surface area is 109 Å². The summed E-state index contributed by atoms with van der Waals surface area (Å²) in [4.78, 5) is 11.7. The number of carbonyl (C=O) groups is 1. The molecule has 0 aliphatic carbocycles. The van der Waals surface area contributed by atoms with Gasteiger partial charge in [0.05, 0.1) is 5.69 Å². The van der Waals surface area contributed by atoms with Crippen molar-refractivity contribution in [3.8, 4) is 0 Å². The summed E-state index contributed by atoms with van der Waals surface area (Å²) < 4.78 is 26.9. The largest absolute Gasteiger partial charge is 0.396 e. The fourth-order valence-corrected chi connectivity index (χ4v) is 1.73. The summed E-state index contributed by atoms with van der Waals surface area (Å²) in [5.74, 6) is -2.69. The smallest absolute Gasteiger partial charge is 0.257 e. The molecule has 1 atom stereocenters. The van der Waals surface area contributed by atoms with Crippen LogP contribution < -0.4 is 11.1 Å². The lowest BCUT2D eigenvalue weighted by Crippen LogP contribution is -2.28. The van der Waals surface area contributed by atoms with Crippen molar-refractivity contribution in [2.45, 2.75) is 18.6 Å². The highest BCUT2D eigenvalue weighted by Gasteiger charge is 2.19. The summed E-state index contributed by atoms with van der Waals surface area (Å²) in [5.41, 5.74) is 4.45. The minimum absolute atomic E-state index is 0.237. The fourth-order valence-electron chi connectivity index (χ4n) is 1.37. The van der Waals surface area contributed by atoms with Crippen LogP contribution in [0.2, 0.25) is 0 Å². The highest BCUT2D eigenvalue weighted by molar-refractivity contribution is 7.99. The number of carbonyl (C=O) groups excluding carboxylic acids is 1. The zero-order valence-electron chi connectivity index (χ0n) is 10.3. The monoisotopic (exact) mass is 274 g/mol. The molecule has 1 rings (SSSR count). The van der Waals surface area contributed by atoms with E-state index in [-0.39, 0.29) is 5.69 Å². The third kappa shape index (κ3) is 3.60. The molecule has 0 saturated heterocycles. The summed E-state index contributed by atoms with van der Waals surface area (Å²) in [7, 11) is 0. The molecule has 100 valence electrons. The predicted molar refractivity (Wildman–Crippen MR) is 70.7 cm³/mol. The maximum atomic E-state index is 13.5. The molecule has 0 radical (unpaired) electrons. The van der Waals surface area contributed by atoms with Gasteiger partial charge in [-0.05, 0) is 24.8 Å². The van der Waals surface area contributed by atoms with Crippen LogP contribution in [0.15, 0.2) is 12.1 Å². The van der Waals surface area contributed by atoms with Gasteiger partial charge < -0.3 is 11.1 Å². The molecule has 1 unspecified atom stereocenters. The normalized spacial score (nSPS) is 12.2. The molecule has 1 aromatic rings. The van der Waals surface area contributed by atoms with Crippen LogP contribution in [-0.2, 0) is 0 Å². The predicted octanol–water partition coefficient (Wildman–Crippen LogP) is 2.42. The van der Waals surface area contributed by atoms with Crippen molar-refractivity contribution in [2.75, 3.05) is 18.5 Å². The molecule has 18 heavy (non-hydrogen) atoms. The second-order valence-electron chi connectivity index (χ2n) is 3.92. The van der Waals surface area contributed by atoms with Gasteiger partial charge in [-0.1, -0.05) is 6.92 Å². The molecule has 0 spiro atoms. The van der Waals surface area contributed by atoms with Gasteiger partial charge in [-0.2, -0.15) is 11.8 Å². The topological polar surface area (TPSA) is 55.1 Å². The van der Waals surface area contributed by atoms with E-state index in [9.17, 15) is 13.6 Å². The third-order valence-corrected chi connectivity index (χ3v) is 3.63. The van der Waals surface area contributed by atoms with E-state index in [1.807, 2.05) is 13.2 Å². The van der Waals surface area contributed by atoms with E-state index >= 15 is 0 Å². The molecule has 1 amide bonds. The van der Waals surface area contributed by atoms with Crippen LogP contribution in [0.25, 0.3) is 0 Å². The molecule has 0 aliphatic heterocycles. The lowest BCUT2D eigenvalue weighted by molar-refractivity contribution is 0.0945. The Morgan fingerprint density at radius 2 is 2.17 bits per heavy atom. The number of rotatable bonds is 5. The number of anilines is 1.